The molecule has 0 aromatic rings. The number of hydrogen-bond acceptors (Lipinski definition) is 4. The lowest BCUT2D eigenvalue weighted by Crippen LogP contribution is -2.62. The van der Waals surface area contributed by atoms with E-state index in [-0.39, 0.29) is 31.0 Å². The third kappa shape index (κ3) is 6.34. The van der Waals surface area contributed by atoms with Crippen LogP contribution >= 0.6 is 0 Å². The van der Waals surface area contributed by atoms with Gasteiger partial charge in [0.25, 0.3) is 6.09 Å². The zero-order chi connectivity index (χ0) is 20.9. The summed E-state index contributed by atoms with van der Waals surface area (Å²) in [5.74, 6) is 0.449. The zero-order valence-corrected chi connectivity index (χ0v) is 16.8. The molecule has 2 rings (SSSR count). The van der Waals surface area contributed by atoms with Crippen molar-refractivity contribution in [2.45, 2.75) is 58.2 Å². The van der Waals surface area contributed by atoms with Crippen molar-refractivity contribution in [2.75, 3.05) is 39.3 Å². The van der Waals surface area contributed by atoms with Crippen LogP contribution < -0.4 is 10.4 Å². The second-order valence-corrected chi connectivity index (χ2v) is 8.67. The van der Waals surface area contributed by atoms with E-state index in [0.29, 0.717) is 31.7 Å². The molecule has 2 aliphatic heterocycles. The van der Waals surface area contributed by atoms with Gasteiger partial charge in [-0.2, -0.15) is 13.2 Å². The predicted octanol–water partition coefficient (Wildman–Crippen LogP) is 1.75. The number of carbonyl (C=O) groups excluding carboxylic acids is 2. The molecule has 0 bridgehead atoms. The van der Waals surface area contributed by atoms with Crippen LogP contribution in [0.5, 0.6) is 0 Å². The molecule has 2 saturated heterocycles. The van der Waals surface area contributed by atoms with Crippen LogP contribution in [-0.2, 0) is 4.79 Å². The molecule has 0 aromatic carbocycles. The minimum atomic E-state index is -4.54. The molecule has 0 aromatic heterocycles. The smallest absolute Gasteiger partial charge is 0.438 e. The van der Waals surface area contributed by atoms with E-state index in [0.717, 1.165) is 25.9 Å². The maximum absolute atomic E-state index is 12.9. The highest BCUT2D eigenvalue weighted by Crippen LogP contribution is 2.29. The SMILES string of the molecule is CC(C)CNC(=O)C1CCN(C2CCC[N+](CC(F)(F)F)(C(=O)[O-])CC2)CC1. The van der Waals surface area contributed by atoms with Gasteiger partial charge in [-0.3, -0.25) is 9.28 Å². The quantitative estimate of drug-likeness (QED) is 0.705. The first kappa shape index (κ1) is 22.9. The summed E-state index contributed by atoms with van der Waals surface area (Å²) in [6.07, 6.45) is -3.24. The number of quaternary nitrogens is 1. The molecule has 2 atom stereocenters. The largest absolute Gasteiger partial charge is 0.498 e. The summed E-state index contributed by atoms with van der Waals surface area (Å²) in [5.41, 5.74) is 0. The van der Waals surface area contributed by atoms with Gasteiger partial charge in [0.15, 0.2) is 6.54 Å². The molecule has 0 aliphatic carbocycles. The topological polar surface area (TPSA) is 72.5 Å². The average molecular weight is 407 g/mol. The Hall–Kier alpha value is -1.35. The summed E-state index contributed by atoms with van der Waals surface area (Å²) in [5, 5.41) is 14.5. The van der Waals surface area contributed by atoms with Crippen molar-refractivity contribution in [3.05, 3.63) is 0 Å². The molecule has 2 aliphatic rings. The maximum atomic E-state index is 12.9. The molecule has 1 N–H and O–H groups in total. The van der Waals surface area contributed by atoms with Crippen molar-refractivity contribution in [3.8, 4) is 0 Å². The van der Waals surface area contributed by atoms with Gasteiger partial charge in [0.2, 0.25) is 5.91 Å². The minimum absolute atomic E-state index is 0.0240. The highest BCUT2D eigenvalue weighted by Gasteiger charge is 2.45. The number of rotatable bonds is 5. The number of nitrogens with zero attached hydrogens (tertiary/aromatic N) is 2. The molecular weight excluding hydrogens is 375 g/mol. The zero-order valence-electron chi connectivity index (χ0n) is 16.8. The molecule has 28 heavy (non-hydrogen) atoms. The Morgan fingerprint density at radius 2 is 1.79 bits per heavy atom. The van der Waals surface area contributed by atoms with Crippen molar-refractivity contribution in [3.63, 3.8) is 0 Å². The summed E-state index contributed by atoms with van der Waals surface area (Å²) in [4.78, 5) is 26.0. The Kier molecular flexibility index (Phi) is 7.73. The lowest BCUT2D eigenvalue weighted by molar-refractivity contribution is -0.885. The fourth-order valence-corrected chi connectivity index (χ4v) is 4.37. The number of amides is 2. The molecular formula is C19H32F3N3O3. The summed E-state index contributed by atoms with van der Waals surface area (Å²) >= 11 is 0. The molecule has 2 fully saturated rings. The molecule has 6 nitrogen and oxygen atoms in total. The Balaban J connectivity index is 1.89. The predicted molar refractivity (Wildman–Crippen MR) is 96.1 cm³/mol. The van der Waals surface area contributed by atoms with E-state index in [1.165, 1.54) is 0 Å². The lowest BCUT2D eigenvalue weighted by Gasteiger charge is -2.39. The average Bonchev–Trinajstić information content (AvgIpc) is 2.82. The number of alkyl halides is 3. The molecule has 0 spiro atoms. The monoisotopic (exact) mass is 407 g/mol. The van der Waals surface area contributed by atoms with E-state index in [2.05, 4.69) is 10.2 Å². The van der Waals surface area contributed by atoms with Crippen molar-refractivity contribution in [2.24, 2.45) is 11.8 Å². The first-order chi connectivity index (χ1) is 13.0. The summed E-state index contributed by atoms with van der Waals surface area (Å²) in [6, 6.07) is 0.0623. The van der Waals surface area contributed by atoms with Crippen LogP contribution in [0.4, 0.5) is 18.0 Å². The number of likely N-dealkylation sites (tertiary alicyclic amines) is 2. The van der Waals surface area contributed by atoms with Crippen LogP contribution in [-0.4, -0.2) is 72.9 Å². The number of carbonyl (C=O) groups is 2. The Bertz CT molecular complexity index is 548. The van der Waals surface area contributed by atoms with Crippen LogP contribution in [0.1, 0.15) is 46.0 Å². The summed E-state index contributed by atoms with van der Waals surface area (Å²) in [6.45, 7) is 4.68. The molecule has 162 valence electrons. The van der Waals surface area contributed by atoms with E-state index >= 15 is 0 Å². The Morgan fingerprint density at radius 3 is 2.32 bits per heavy atom. The summed E-state index contributed by atoms with van der Waals surface area (Å²) < 4.78 is 37.7. The second-order valence-electron chi connectivity index (χ2n) is 8.67. The molecule has 0 radical (unpaired) electrons. The van der Waals surface area contributed by atoms with Crippen molar-refractivity contribution >= 4 is 12.0 Å². The lowest BCUT2D eigenvalue weighted by atomic mass is 9.93. The Morgan fingerprint density at radius 1 is 1.14 bits per heavy atom. The van der Waals surface area contributed by atoms with Crippen molar-refractivity contribution in [1.29, 1.82) is 0 Å². The van der Waals surface area contributed by atoms with Crippen LogP contribution in [0.15, 0.2) is 0 Å². The third-order valence-corrected chi connectivity index (χ3v) is 5.98. The fraction of sp³-hybridized carbons (Fsp3) is 0.895. The number of nitrogens with one attached hydrogen (secondary N) is 1. The van der Waals surface area contributed by atoms with Crippen molar-refractivity contribution in [1.82, 2.24) is 10.2 Å². The van der Waals surface area contributed by atoms with Gasteiger partial charge in [-0.05, 0) is 44.7 Å². The molecule has 9 heteroatoms. The second kappa shape index (κ2) is 9.43. The van der Waals surface area contributed by atoms with E-state index in [1.54, 1.807) is 0 Å². The van der Waals surface area contributed by atoms with E-state index in [4.69, 9.17) is 0 Å². The normalized spacial score (nSPS) is 28.1. The van der Waals surface area contributed by atoms with Crippen molar-refractivity contribution < 1.29 is 32.3 Å². The number of halogens is 3. The van der Waals surface area contributed by atoms with Crippen LogP contribution in [0.25, 0.3) is 0 Å². The molecule has 2 unspecified atom stereocenters. The van der Waals surface area contributed by atoms with E-state index < -0.39 is 23.3 Å². The van der Waals surface area contributed by atoms with E-state index in [1.807, 2.05) is 13.8 Å². The van der Waals surface area contributed by atoms with Gasteiger partial charge in [-0.1, -0.05) is 13.8 Å². The molecule has 2 heterocycles. The van der Waals surface area contributed by atoms with Gasteiger partial charge in [0.1, 0.15) is 0 Å². The van der Waals surface area contributed by atoms with Gasteiger partial charge in [-0.25, -0.2) is 0 Å². The molecule has 0 saturated carbocycles. The molecule has 2 amide bonds. The maximum Gasteiger partial charge on any atom is 0.438 e. The fourth-order valence-electron chi connectivity index (χ4n) is 4.37. The van der Waals surface area contributed by atoms with Crippen LogP contribution in [0, 0.1) is 11.8 Å². The van der Waals surface area contributed by atoms with Gasteiger partial charge in [-0.15, -0.1) is 0 Å². The van der Waals surface area contributed by atoms with Gasteiger partial charge < -0.3 is 20.1 Å². The highest BCUT2D eigenvalue weighted by atomic mass is 19.4. The van der Waals surface area contributed by atoms with Gasteiger partial charge in [0, 0.05) is 24.9 Å². The van der Waals surface area contributed by atoms with E-state index in [9.17, 15) is 27.9 Å². The number of hydrogen-bond donors (Lipinski definition) is 1. The van der Waals surface area contributed by atoms with Gasteiger partial charge in [0.05, 0.1) is 13.1 Å². The number of piperidine rings is 1. The number of carboxylic acid groups (broad SMARTS) is 1. The first-order valence-corrected chi connectivity index (χ1v) is 10.2. The highest BCUT2D eigenvalue weighted by molar-refractivity contribution is 5.78. The standard InChI is InChI=1S/C19H32F3N3O3/c1-14(2)12-23-17(26)15-5-8-24(9-6-15)16-4-3-10-25(11-7-16,18(27)28)13-19(20,21)22/h14-16H,3-13H2,1-2H3,(H-,23,26,27,28). The Labute approximate surface area is 164 Å². The van der Waals surface area contributed by atoms with Gasteiger partial charge >= 0.3 is 6.18 Å². The third-order valence-electron chi connectivity index (χ3n) is 5.98. The summed E-state index contributed by atoms with van der Waals surface area (Å²) in [7, 11) is 0. The van der Waals surface area contributed by atoms with Crippen LogP contribution in [0.3, 0.4) is 0 Å². The first-order valence-electron chi connectivity index (χ1n) is 10.2. The minimum Gasteiger partial charge on any atom is -0.498 e. The van der Waals surface area contributed by atoms with Crippen LogP contribution in [0.2, 0.25) is 0 Å².